The summed E-state index contributed by atoms with van der Waals surface area (Å²) in [6, 6.07) is 22.7. The molecule has 1 aliphatic heterocycles. The van der Waals surface area contributed by atoms with Crippen LogP contribution in [0.4, 0.5) is 0 Å². The average molecular weight is 473 g/mol. The monoisotopic (exact) mass is 471 g/mol. The van der Waals surface area contributed by atoms with E-state index in [1.165, 1.54) is 5.01 Å². The maximum absolute atomic E-state index is 13.0. The van der Waals surface area contributed by atoms with Gasteiger partial charge >= 0.3 is 0 Å². The molecule has 1 heterocycles. The Hall–Kier alpha value is -2.37. The molecule has 0 spiro atoms. The molecular formula is C24H20Cl3N3O. The van der Waals surface area contributed by atoms with E-state index >= 15 is 0 Å². The highest BCUT2D eigenvalue weighted by atomic mass is 35.5. The number of benzene rings is 3. The molecule has 0 aliphatic carbocycles. The Kier molecular flexibility index (Phi) is 6.63. The van der Waals surface area contributed by atoms with Gasteiger partial charge in [-0.3, -0.25) is 9.69 Å². The van der Waals surface area contributed by atoms with Gasteiger partial charge in [0, 0.05) is 27.2 Å². The normalized spacial score (nSPS) is 17.4. The van der Waals surface area contributed by atoms with Crippen molar-refractivity contribution in [2.24, 2.45) is 5.10 Å². The van der Waals surface area contributed by atoms with Crippen molar-refractivity contribution >= 4 is 46.4 Å². The molecular weight excluding hydrogens is 453 g/mol. The molecule has 0 aromatic heterocycles. The largest absolute Gasteiger partial charge is 0.271 e. The first-order valence-electron chi connectivity index (χ1n) is 9.78. The minimum Gasteiger partial charge on any atom is -0.271 e. The lowest BCUT2D eigenvalue weighted by Crippen LogP contribution is -2.29. The SMILES string of the molecule is C/C(=N/N1C(=O)CN(Cc2ccccc2)[C@@H]1c1ccc(Cl)cc1Cl)c1ccc(Cl)cc1. The van der Waals surface area contributed by atoms with E-state index in [1.807, 2.05) is 55.5 Å². The van der Waals surface area contributed by atoms with Gasteiger partial charge in [0.1, 0.15) is 6.17 Å². The van der Waals surface area contributed by atoms with Gasteiger partial charge in [-0.2, -0.15) is 5.10 Å². The molecule has 0 bridgehead atoms. The topological polar surface area (TPSA) is 35.9 Å². The first-order valence-corrected chi connectivity index (χ1v) is 10.9. The summed E-state index contributed by atoms with van der Waals surface area (Å²) in [5.41, 5.74) is 3.48. The predicted molar refractivity (Wildman–Crippen MR) is 127 cm³/mol. The highest BCUT2D eigenvalue weighted by molar-refractivity contribution is 6.35. The van der Waals surface area contributed by atoms with E-state index in [-0.39, 0.29) is 12.5 Å². The summed E-state index contributed by atoms with van der Waals surface area (Å²) in [5, 5.41) is 7.89. The molecule has 0 radical (unpaired) electrons. The van der Waals surface area contributed by atoms with Crippen LogP contribution in [0.5, 0.6) is 0 Å². The van der Waals surface area contributed by atoms with Crippen LogP contribution in [0, 0.1) is 0 Å². The molecule has 158 valence electrons. The van der Waals surface area contributed by atoms with Gasteiger partial charge in [-0.05, 0) is 42.3 Å². The fourth-order valence-electron chi connectivity index (χ4n) is 3.64. The van der Waals surface area contributed by atoms with Crippen molar-refractivity contribution in [2.75, 3.05) is 6.54 Å². The van der Waals surface area contributed by atoms with Crippen LogP contribution in [0.15, 0.2) is 77.9 Å². The van der Waals surface area contributed by atoms with E-state index in [1.54, 1.807) is 24.3 Å². The van der Waals surface area contributed by atoms with E-state index < -0.39 is 6.17 Å². The van der Waals surface area contributed by atoms with Gasteiger partial charge < -0.3 is 0 Å². The molecule has 0 saturated carbocycles. The molecule has 4 nitrogen and oxygen atoms in total. The van der Waals surface area contributed by atoms with E-state index in [2.05, 4.69) is 4.90 Å². The van der Waals surface area contributed by atoms with Crippen LogP contribution in [0.1, 0.15) is 29.8 Å². The van der Waals surface area contributed by atoms with Crippen LogP contribution in [0.2, 0.25) is 15.1 Å². The first-order chi connectivity index (χ1) is 14.9. The molecule has 1 aliphatic rings. The summed E-state index contributed by atoms with van der Waals surface area (Å²) in [5.74, 6) is -0.0970. The third-order valence-corrected chi connectivity index (χ3v) is 5.97. The summed E-state index contributed by atoms with van der Waals surface area (Å²) in [7, 11) is 0. The lowest BCUT2D eigenvalue weighted by Gasteiger charge is -2.28. The van der Waals surface area contributed by atoms with Crippen LogP contribution in [0.25, 0.3) is 0 Å². The van der Waals surface area contributed by atoms with Gasteiger partial charge in [0.25, 0.3) is 5.91 Å². The summed E-state index contributed by atoms with van der Waals surface area (Å²) in [4.78, 5) is 15.1. The standard InChI is InChI=1S/C24H20Cl3N3O/c1-16(18-7-9-19(25)10-8-18)28-30-23(31)15-29(14-17-5-3-2-4-6-17)24(30)21-12-11-20(26)13-22(21)27/h2-13,24H,14-15H2,1H3/b28-16-/t24-/m0/s1. The lowest BCUT2D eigenvalue weighted by atomic mass is 10.1. The Balaban J connectivity index is 1.73. The summed E-state index contributed by atoms with van der Waals surface area (Å²) < 4.78 is 0. The molecule has 1 fully saturated rings. The summed E-state index contributed by atoms with van der Waals surface area (Å²) >= 11 is 18.7. The fraction of sp³-hybridized carbons (Fsp3) is 0.167. The van der Waals surface area contributed by atoms with Gasteiger partial charge in [0.15, 0.2) is 0 Å². The Bertz CT molecular complexity index is 1120. The summed E-state index contributed by atoms with van der Waals surface area (Å²) in [6.07, 6.45) is -0.445. The molecule has 31 heavy (non-hydrogen) atoms. The Morgan fingerprint density at radius 2 is 1.65 bits per heavy atom. The van der Waals surface area contributed by atoms with Crippen molar-refractivity contribution < 1.29 is 4.79 Å². The molecule has 1 amide bonds. The number of carbonyl (C=O) groups excluding carboxylic acids is 1. The molecule has 0 N–H and O–H groups in total. The molecule has 7 heteroatoms. The fourth-order valence-corrected chi connectivity index (χ4v) is 4.28. The van der Waals surface area contributed by atoms with Gasteiger partial charge in [0.2, 0.25) is 0 Å². The Morgan fingerprint density at radius 1 is 0.968 bits per heavy atom. The van der Waals surface area contributed by atoms with E-state index in [9.17, 15) is 4.79 Å². The van der Waals surface area contributed by atoms with Gasteiger partial charge in [-0.25, -0.2) is 5.01 Å². The van der Waals surface area contributed by atoms with Crippen molar-refractivity contribution in [2.45, 2.75) is 19.6 Å². The van der Waals surface area contributed by atoms with Crippen molar-refractivity contribution in [1.82, 2.24) is 9.91 Å². The van der Waals surface area contributed by atoms with Crippen LogP contribution < -0.4 is 0 Å². The quantitative estimate of drug-likeness (QED) is 0.402. The Morgan fingerprint density at radius 3 is 2.32 bits per heavy atom. The third kappa shape index (κ3) is 4.94. The number of hydrogen-bond donors (Lipinski definition) is 0. The van der Waals surface area contributed by atoms with Crippen LogP contribution >= 0.6 is 34.8 Å². The number of nitrogens with zero attached hydrogens (tertiary/aromatic N) is 3. The number of amides is 1. The third-order valence-electron chi connectivity index (χ3n) is 5.16. The molecule has 4 rings (SSSR count). The lowest BCUT2D eigenvalue weighted by molar-refractivity contribution is -0.128. The molecule has 3 aromatic rings. The van der Waals surface area contributed by atoms with Crippen molar-refractivity contribution in [3.8, 4) is 0 Å². The van der Waals surface area contributed by atoms with E-state index in [4.69, 9.17) is 39.9 Å². The average Bonchev–Trinajstić information content (AvgIpc) is 3.04. The second-order valence-corrected chi connectivity index (χ2v) is 8.64. The van der Waals surface area contributed by atoms with E-state index in [0.717, 1.165) is 16.7 Å². The number of rotatable bonds is 5. The second kappa shape index (κ2) is 9.41. The molecule has 3 aromatic carbocycles. The van der Waals surface area contributed by atoms with Crippen molar-refractivity contribution in [1.29, 1.82) is 0 Å². The van der Waals surface area contributed by atoms with Crippen molar-refractivity contribution in [3.63, 3.8) is 0 Å². The van der Waals surface area contributed by atoms with Crippen LogP contribution in [-0.4, -0.2) is 28.1 Å². The highest BCUT2D eigenvalue weighted by Gasteiger charge is 2.40. The molecule has 0 unspecified atom stereocenters. The number of hydrazone groups is 1. The van der Waals surface area contributed by atoms with Crippen LogP contribution in [0.3, 0.4) is 0 Å². The molecule has 1 saturated heterocycles. The zero-order chi connectivity index (χ0) is 22.0. The Labute approximate surface area is 196 Å². The van der Waals surface area contributed by atoms with E-state index in [0.29, 0.717) is 27.3 Å². The zero-order valence-electron chi connectivity index (χ0n) is 16.8. The predicted octanol–water partition coefficient (Wildman–Crippen LogP) is 6.41. The summed E-state index contributed by atoms with van der Waals surface area (Å²) in [6.45, 7) is 2.69. The van der Waals surface area contributed by atoms with Gasteiger partial charge in [-0.1, -0.05) is 83.3 Å². The van der Waals surface area contributed by atoms with Crippen molar-refractivity contribution in [3.05, 3.63) is 105 Å². The minimum atomic E-state index is -0.445. The maximum atomic E-state index is 13.0. The second-order valence-electron chi connectivity index (χ2n) is 7.36. The molecule has 1 atom stereocenters. The number of halogens is 3. The maximum Gasteiger partial charge on any atom is 0.258 e. The zero-order valence-corrected chi connectivity index (χ0v) is 19.1. The number of carbonyl (C=O) groups is 1. The van der Waals surface area contributed by atoms with Gasteiger partial charge in [0.05, 0.1) is 12.3 Å². The number of hydrogen-bond acceptors (Lipinski definition) is 3. The smallest absolute Gasteiger partial charge is 0.258 e. The van der Waals surface area contributed by atoms with Crippen LogP contribution in [-0.2, 0) is 11.3 Å². The highest BCUT2D eigenvalue weighted by Crippen LogP contribution is 2.37. The van der Waals surface area contributed by atoms with Gasteiger partial charge in [-0.15, -0.1) is 0 Å². The minimum absolute atomic E-state index is 0.0970. The first kappa shape index (κ1) is 21.8.